The van der Waals surface area contributed by atoms with Crippen molar-refractivity contribution in [2.45, 2.75) is 67.2 Å². The summed E-state index contributed by atoms with van der Waals surface area (Å²) in [7, 11) is 0. The molecule has 0 saturated heterocycles. The molecule has 0 amide bonds. The molecule has 25 heavy (non-hydrogen) atoms. The van der Waals surface area contributed by atoms with Gasteiger partial charge in [0.15, 0.2) is 0 Å². The molecule has 0 fully saturated rings. The topological polar surface area (TPSA) is 70.8 Å². The molecule has 0 unspecified atom stereocenters. The number of hydrogen-bond donors (Lipinski definition) is 0. The van der Waals surface area contributed by atoms with Gasteiger partial charge in [0, 0.05) is 12.4 Å². The van der Waals surface area contributed by atoms with Crippen LogP contribution in [0.1, 0.15) is 67.2 Å². The van der Waals surface area contributed by atoms with Gasteiger partial charge in [0.1, 0.15) is 0 Å². The van der Waals surface area contributed by atoms with E-state index in [1.807, 2.05) is 13.8 Å². The molecule has 136 valence electrons. The number of nitrogens with zero attached hydrogens (tertiary/aromatic N) is 2. The van der Waals surface area contributed by atoms with E-state index in [-0.39, 0.29) is 27.7 Å². The van der Waals surface area contributed by atoms with E-state index in [1.165, 1.54) is 34.7 Å². The Bertz CT molecular complexity index is 448. The van der Waals surface area contributed by atoms with Crippen LogP contribution in [0.4, 0.5) is 0 Å². The molecule has 5 heteroatoms. The zero-order valence-corrected chi connectivity index (χ0v) is 22.2. The van der Waals surface area contributed by atoms with Gasteiger partial charge < -0.3 is 20.7 Å². The van der Waals surface area contributed by atoms with Crippen molar-refractivity contribution in [3.8, 4) is 0 Å². The van der Waals surface area contributed by atoms with E-state index in [2.05, 4.69) is 50.2 Å². The van der Waals surface area contributed by atoms with Crippen molar-refractivity contribution in [2.24, 2.45) is 10.3 Å². The van der Waals surface area contributed by atoms with Crippen LogP contribution < -0.4 is 0 Å². The van der Waals surface area contributed by atoms with Crippen molar-refractivity contribution in [1.29, 1.82) is 0 Å². The van der Waals surface area contributed by atoms with E-state index in [9.17, 15) is 10.4 Å². The first kappa shape index (κ1) is 28.6. The van der Waals surface area contributed by atoms with Crippen LogP contribution in [0.5, 0.6) is 0 Å². The van der Waals surface area contributed by atoms with Gasteiger partial charge in [0.2, 0.25) is 0 Å². The molecule has 0 aromatic rings. The minimum atomic E-state index is 0. The van der Waals surface area contributed by atoms with Gasteiger partial charge in [-0.2, -0.15) is 0 Å². The van der Waals surface area contributed by atoms with Gasteiger partial charge in [0.25, 0.3) is 0 Å². The predicted molar refractivity (Wildman–Crippen MR) is 109 cm³/mol. The Morgan fingerprint density at radius 2 is 1.00 bits per heavy atom. The second kappa shape index (κ2) is 20.9. The number of rotatable bonds is 8. The normalized spacial score (nSPS) is 11.6. The van der Waals surface area contributed by atoms with E-state index in [1.54, 1.807) is 12.2 Å². The fourth-order valence-corrected chi connectivity index (χ4v) is 1.66. The Morgan fingerprint density at radius 1 is 0.680 bits per heavy atom. The minimum Gasteiger partial charge on any atom is -0.792 e. The molecule has 0 aromatic heterocycles. The smallest absolute Gasteiger partial charge is 0.792 e. The Balaban J connectivity index is -0.000000372. The summed E-state index contributed by atoms with van der Waals surface area (Å²) < 4.78 is 0. The van der Waals surface area contributed by atoms with Crippen molar-refractivity contribution in [3.05, 3.63) is 57.0 Å². The largest absolute Gasteiger partial charge is 2.00 e. The Labute approximate surface area is 174 Å². The number of allylic oxidation sites excluding steroid dienone is 8. The van der Waals surface area contributed by atoms with Gasteiger partial charge in [0.05, 0.1) is 0 Å². The maximum atomic E-state index is 9.73. The maximum absolute atomic E-state index is 9.73. The van der Waals surface area contributed by atoms with Crippen LogP contribution in [0.15, 0.2) is 56.9 Å². The number of hydrogen-bond acceptors (Lipinski definition) is 4. The average molecular weight is 533 g/mol. The molecule has 0 N–H and O–H groups in total. The Hall–Kier alpha value is -1.16. The van der Waals surface area contributed by atoms with Crippen LogP contribution in [0.2, 0.25) is 0 Å². The van der Waals surface area contributed by atoms with E-state index in [0.717, 1.165) is 25.7 Å². The fraction of sp³-hybridized carbons (Fsp3) is 0.500. The van der Waals surface area contributed by atoms with Crippen LogP contribution in [0, 0.1) is 10.4 Å². The van der Waals surface area contributed by atoms with E-state index >= 15 is 0 Å². The molecule has 0 spiro atoms. The summed E-state index contributed by atoms with van der Waals surface area (Å²) in [6.45, 7) is 12.3. The van der Waals surface area contributed by atoms with Crippen LogP contribution in [0.25, 0.3) is 0 Å². The predicted octanol–water partition coefficient (Wildman–Crippen LogP) is 6.49. The standard InChI is InChI=1S/2C10H17NO.Hg/c2*1-9(2)5-4-6-10(3)7-8-11-12;/h2*5,7-8,12H,4,6H2,1-3H3;/q;;+2/p-2/b2*10-7-,11-8-;. The summed E-state index contributed by atoms with van der Waals surface area (Å²) in [5, 5.41) is 24.8. The maximum Gasteiger partial charge on any atom is 2.00 e. The molecule has 0 bridgehead atoms. The minimum absolute atomic E-state index is 0. The van der Waals surface area contributed by atoms with Crippen molar-refractivity contribution in [1.82, 2.24) is 0 Å². The first-order chi connectivity index (χ1) is 11.3. The Morgan fingerprint density at radius 3 is 1.24 bits per heavy atom. The van der Waals surface area contributed by atoms with Crippen LogP contribution in [0.3, 0.4) is 0 Å². The molecule has 0 aromatic carbocycles. The molecule has 0 saturated carbocycles. The molecular weight excluding hydrogens is 501 g/mol. The zero-order chi connectivity index (χ0) is 18.8. The van der Waals surface area contributed by atoms with Gasteiger partial charge in [-0.15, -0.1) is 0 Å². The van der Waals surface area contributed by atoms with Crippen molar-refractivity contribution < 1.29 is 27.7 Å². The molecule has 0 rings (SSSR count). The molecule has 0 radical (unpaired) electrons. The molecule has 0 aliphatic heterocycles. The Kier molecular flexibility index (Phi) is 23.9. The van der Waals surface area contributed by atoms with Gasteiger partial charge in [-0.1, -0.05) is 34.4 Å². The summed E-state index contributed by atoms with van der Waals surface area (Å²) >= 11 is 0. The SMILES string of the molecule is CC(C)=CCC/C(C)=C\C=N/[O-].CC(C)=CCC/C(C)=C\C=N/[O-].[Hg+2]. The quantitative estimate of drug-likeness (QED) is 0.155. The average Bonchev–Trinajstić information content (AvgIpc) is 2.50. The summed E-state index contributed by atoms with van der Waals surface area (Å²) in [5.41, 5.74) is 5.04. The van der Waals surface area contributed by atoms with Gasteiger partial charge in [-0.25, -0.2) is 0 Å². The second-order valence-electron chi connectivity index (χ2n) is 6.18. The first-order valence-corrected chi connectivity index (χ1v) is 8.23. The molecule has 4 nitrogen and oxygen atoms in total. The molecule has 0 atom stereocenters. The van der Waals surface area contributed by atoms with Crippen LogP contribution >= 0.6 is 0 Å². The molecular formula is C20H32HgN2O2. The van der Waals surface area contributed by atoms with E-state index in [0.29, 0.717) is 0 Å². The second-order valence-corrected chi connectivity index (χ2v) is 6.18. The molecule has 0 aliphatic carbocycles. The summed E-state index contributed by atoms with van der Waals surface area (Å²) in [5.74, 6) is 0. The van der Waals surface area contributed by atoms with Crippen molar-refractivity contribution in [3.63, 3.8) is 0 Å². The van der Waals surface area contributed by atoms with Crippen molar-refractivity contribution in [2.75, 3.05) is 0 Å². The van der Waals surface area contributed by atoms with E-state index < -0.39 is 0 Å². The van der Waals surface area contributed by atoms with Gasteiger partial charge in [-0.3, -0.25) is 0 Å². The summed E-state index contributed by atoms with van der Waals surface area (Å²) in [6, 6.07) is 0. The van der Waals surface area contributed by atoms with E-state index in [4.69, 9.17) is 0 Å². The van der Waals surface area contributed by atoms with Crippen LogP contribution in [-0.2, 0) is 27.7 Å². The van der Waals surface area contributed by atoms with Crippen LogP contribution in [-0.4, -0.2) is 12.4 Å². The molecule has 0 heterocycles. The zero-order valence-electron chi connectivity index (χ0n) is 16.7. The van der Waals surface area contributed by atoms with Crippen molar-refractivity contribution >= 4 is 12.4 Å². The third-order valence-electron chi connectivity index (χ3n) is 3.02. The monoisotopic (exact) mass is 534 g/mol. The third kappa shape index (κ3) is 27.9. The first-order valence-electron chi connectivity index (χ1n) is 8.23. The van der Waals surface area contributed by atoms with Gasteiger partial charge >= 0.3 is 27.7 Å². The molecule has 0 aliphatic rings. The fourth-order valence-electron chi connectivity index (χ4n) is 1.66. The summed E-state index contributed by atoms with van der Waals surface area (Å²) in [6.07, 6.45) is 14.5. The third-order valence-corrected chi connectivity index (χ3v) is 3.02. The van der Waals surface area contributed by atoms with Gasteiger partial charge in [-0.05, 0) is 79.4 Å². The summed E-state index contributed by atoms with van der Waals surface area (Å²) in [4.78, 5) is 0.